The fourth-order valence-corrected chi connectivity index (χ4v) is 7.38. The topological polar surface area (TPSA) is 122 Å². The van der Waals surface area contributed by atoms with Gasteiger partial charge in [0.15, 0.2) is 0 Å². The summed E-state index contributed by atoms with van der Waals surface area (Å²) in [6, 6.07) is 0. The van der Waals surface area contributed by atoms with E-state index in [-0.39, 0.29) is 4.66 Å². The molecule has 0 radical (unpaired) electrons. The minimum absolute atomic E-state index is 0.281. The zero-order valence-electron chi connectivity index (χ0n) is 12.9. The second-order valence-electron chi connectivity index (χ2n) is 4.91. The Morgan fingerprint density at radius 1 is 0.800 bits per heavy atom. The molecular formula is C12H8F2HgN4O6. The third-order valence-corrected chi connectivity index (χ3v) is 9.75. The van der Waals surface area contributed by atoms with Gasteiger partial charge >= 0.3 is 149 Å². The van der Waals surface area contributed by atoms with Crippen LogP contribution in [0.25, 0.3) is 0 Å². The molecule has 0 saturated carbocycles. The van der Waals surface area contributed by atoms with Gasteiger partial charge in [-0.15, -0.1) is 0 Å². The Balaban J connectivity index is 2.83. The molecule has 0 amide bonds. The van der Waals surface area contributed by atoms with Crippen LogP contribution in [0.2, 0.25) is 0 Å². The molecule has 2 rings (SSSR count). The van der Waals surface area contributed by atoms with E-state index in [1.807, 2.05) is 0 Å². The molecule has 2 heterocycles. The molecule has 0 fully saturated rings. The third kappa shape index (κ3) is 3.33. The van der Waals surface area contributed by atoms with E-state index in [9.17, 15) is 37.5 Å². The third-order valence-electron chi connectivity index (χ3n) is 3.22. The molecule has 25 heavy (non-hydrogen) atoms. The van der Waals surface area contributed by atoms with Crippen molar-refractivity contribution in [2.24, 2.45) is 0 Å². The van der Waals surface area contributed by atoms with E-state index in [1.54, 1.807) is 0 Å². The molecule has 0 aliphatic heterocycles. The quantitative estimate of drug-likeness (QED) is 0.415. The van der Waals surface area contributed by atoms with Gasteiger partial charge in [0.25, 0.3) is 0 Å². The predicted octanol–water partition coefficient (Wildman–Crippen LogP) is -1.76. The van der Waals surface area contributed by atoms with Crippen molar-refractivity contribution in [2.75, 3.05) is 0 Å². The Morgan fingerprint density at radius 3 is 1.40 bits per heavy atom. The van der Waals surface area contributed by atoms with Gasteiger partial charge < -0.3 is 0 Å². The summed E-state index contributed by atoms with van der Waals surface area (Å²) in [6.07, 6.45) is 0.777. The number of rotatable bonds is 2. The Hall–Kier alpha value is -2.50. The van der Waals surface area contributed by atoms with Crippen LogP contribution in [0.15, 0.2) is 31.6 Å². The van der Waals surface area contributed by atoms with E-state index in [1.165, 1.54) is 0 Å². The van der Waals surface area contributed by atoms with Crippen LogP contribution in [-0.4, -0.2) is 25.6 Å². The number of hydrogen-bond acceptors (Lipinski definition) is 6. The molecule has 0 atom stereocenters. The number of halogens is 2. The number of carbonyl (C=O) groups is 2. The van der Waals surface area contributed by atoms with Crippen LogP contribution < -0.4 is 22.5 Å². The summed E-state index contributed by atoms with van der Waals surface area (Å²) in [4.78, 5) is 70.6. The molecule has 128 valence electrons. The first-order chi connectivity index (χ1) is 11.6. The summed E-state index contributed by atoms with van der Waals surface area (Å²) in [5.41, 5.74) is -5.36. The standard InChI is InChI=1S/2C6H5FN2O3.Hg/c2*1-3(10)9-2-4(7)5(11)8-6(9)12;/h2*2H,1H3,(H,8,11,12);/q;;+2/p-2. The molecule has 2 aromatic rings. The van der Waals surface area contributed by atoms with Crippen molar-refractivity contribution < 1.29 is 43.5 Å². The van der Waals surface area contributed by atoms with Gasteiger partial charge in [-0.1, -0.05) is 0 Å². The van der Waals surface area contributed by atoms with Crippen LogP contribution in [0.5, 0.6) is 0 Å². The monoisotopic (exact) mass is 544 g/mol. The Labute approximate surface area is 148 Å². The molecule has 0 aliphatic rings. The van der Waals surface area contributed by atoms with Gasteiger partial charge in [-0.2, -0.15) is 0 Å². The molecule has 2 aromatic heterocycles. The van der Waals surface area contributed by atoms with Crippen molar-refractivity contribution in [3.05, 3.63) is 65.7 Å². The van der Waals surface area contributed by atoms with Crippen LogP contribution in [0, 0.1) is 11.6 Å². The van der Waals surface area contributed by atoms with Gasteiger partial charge in [-0.25, -0.2) is 0 Å². The molecule has 0 saturated heterocycles. The van der Waals surface area contributed by atoms with Crippen LogP contribution in [0.3, 0.4) is 0 Å². The first-order valence-electron chi connectivity index (χ1n) is 6.62. The predicted molar refractivity (Wildman–Crippen MR) is 73.2 cm³/mol. The van der Waals surface area contributed by atoms with Crippen molar-refractivity contribution in [1.82, 2.24) is 13.8 Å². The average Bonchev–Trinajstić information content (AvgIpc) is 2.53. The summed E-state index contributed by atoms with van der Waals surface area (Å²) in [6.45, 7) is 1.87. The molecule has 0 aromatic carbocycles. The molecule has 0 bridgehead atoms. The van der Waals surface area contributed by atoms with Gasteiger partial charge in [-0.3, -0.25) is 0 Å². The summed E-state index contributed by atoms with van der Waals surface area (Å²) in [5, 5.41) is 0. The first kappa shape index (κ1) is 18.8. The number of carbonyl (C=O) groups excluding carboxylic acids is 2. The number of hydrogen-bond donors (Lipinski definition) is 0. The average molecular weight is 543 g/mol. The zero-order valence-corrected chi connectivity index (χ0v) is 18.4. The van der Waals surface area contributed by atoms with E-state index >= 15 is 0 Å². The van der Waals surface area contributed by atoms with Crippen molar-refractivity contribution in [2.45, 2.75) is 13.8 Å². The maximum atomic E-state index is 13.7. The van der Waals surface area contributed by atoms with Crippen LogP contribution in [-0.2, 0) is 25.2 Å². The van der Waals surface area contributed by atoms with Crippen LogP contribution in [0.4, 0.5) is 8.78 Å². The number of nitrogens with zero attached hydrogens (tertiary/aromatic N) is 4. The summed E-state index contributed by atoms with van der Waals surface area (Å²) in [7, 11) is 0. The summed E-state index contributed by atoms with van der Waals surface area (Å²) < 4.78 is 28.5. The molecular weight excluding hydrogens is 535 g/mol. The van der Waals surface area contributed by atoms with Gasteiger partial charge in [-0.05, 0) is 0 Å². The van der Waals surface area contributed by atoms with E-state index in [0.29, 0.717) is 21.5 Å². The molecule has 0 unspecified atom stereocenters. The van der Waals surface area contributed by atoms with Crippen molar-refractivity contribution in [1.29, 1.82) is 0 Å². The molecule has 0 aliphatic carbocycles. The van der Waals surface area contributed by atoms with Gasteiger partial charge in [0.05, 0.1) is 0 Å². The zero-order chi connectivity index (χ0) is 19.0. The molecule has 13 heteroatoms. The molecule has 10 nitrogen and oxygen atoms in total. The van der Waals surface area contributed by atoms with Crippen molar-refractivity contribution in [3.8, 4) is 0 Å². The van der Waals surface area contributed by atoms with Crippen LogP contribution >= 0.6 is 0 Å². The normalized spacial score (nSPS) is 10.4. The molecule has 0 spiro atoms. The van der Waals surface area contributed by atoms with Gasteiger partial charge in [0, 0.05) is 0 Å². The second kappa shape index (κ2) is 6.78. The minimum atomic E-state index is -3.67. The maximum absolute atomic E-state index is 13.7. The Kier molecular flexibility index (Phi) is 5.11. The van der Waals surface area contributed by atoms with E-state index < -0.39 is 71.1 Å². The fourth-order valence-electron chi connectivity index (χ4n) is 1.98. The van der Waals surface area contributed by atoms with Crippen molar-refractivity contribution in [3.63, 3.8) is 0 Å². The SMILES string of the molecule is CC(=O)n1cc(F)c(=O)[n]([Hg][n]2c(=O)c(F)cn(C(C)=O)c2=O)c1=O. The molecule has 0 N–H and O–H groups in total. The first-order valence-corrected chi connectivity index (χ1v) is 11.5. The fraction of sp³-hybridized carbons (Fsp3) is 0.167. The number of aromatic nitrogens is 4. The van der Waals surface area contributed by atoms with Gasteiger partial charge in [0.2, 0.25) is 0 Å². The Bertz CT molecular complexity index is 1050. The van der Waals surface area contributed by atoms with E-state index in [0.717, 1.165) is 13.8 Å². The van der Waals surface area contributed by atoms with Gasteiger partial charge in [0.1, 0.15) is 0 Å². The summed E-state index contributed by atoms with van der Waals surface area (Å²) in [5.74, 6) is -4.71. The summed E-state index contributed by atoms with van der Waals surface area (Å²) >= 11 is -3.67. The second-order valence-corrected chi connectivity index (χ2v) is 10.9. The van der Waals surface area contributed by atoms with E-state index in [4.69, 9.17) is 0 Å². The Morgan fingerprint density at radius 2 is 1.12 bits per heavy atom. The van der Waals surface area contributed by atoms with Crippen LogP contribution in [0.1, 0.15) is 23.4 Å². The van der Waals surface area contributed by atoms with E-state index in [2.05, 4.69) is 0 Å². The van der Waals surface area contributed by atoms with Crippen molar-refractivity contribution >= 4 is 11.8 Å².